The minimum atomic E-state index is -0.623. The highest BCUT2D eigenvalue weighted by Gasteiger charge is 2.14. The Balaban J connectivity index is 1.56. The Morgan fingerprint density at radius 3 is 2.79 bits per heavy atom. The summed E-state index contributed by atoms with van der Waals surface area (Å²) < 4.78 is 13.3. The van der Waals surface area contributed by atoms with Gasteiger partial charge in [0.2, 0.25) is 0 Å². The van der Waals surface area contributed by atoms with E-state index in [0.29, 0.717) is 27.6 Å². The summed E-state index contributed by atoms with van der Waals surface area (Å²) in [6.45, 7) is 3.38. The Labute approximate surface area is 164 Å². The molecule has 0 unspecified atom stereocenters. The van der Waals surface area contributed by atoms with Gasteiger partial charge in [0.15, 0.2) is 5.65 Å². The molecule has 29 heavy (non-hydrogen) atoms. The summed E-state index contributed by atoms with van der Waals surface area (Å²) in [5.74, 6) is -0.623. The first-order valence-corrected chi connectivity index (χ1v) is 8.91. The second-order valence-electron chi connectivity index (χ2n) is 6.82. The molecule has 0 bridgehead atoms. The fraction of sp³-hybridized carbons (Fsp3) is 0.250. The van der Waals surface area contributed by atoms with Crippen molar-refractivity contribution < 1.29 is 13.9 Å². The predicted molar refractivity (Wildman–Crippen MR) is 105 cm³/mol. The van der Waals surface area contributed by atoms with Crippen molar-refractivity contribution in [3.8, 4) is 0 Å². The topological polar surface area (TPSA) is 109 Å². The Bertz CT molecular complexity index is 1380. The van der Waals surface area contributed by atoms with E-state index in [1.54, 1.807) is 7.05 Å². The molecule has 0 aliphatic rings. The third-order valence-electron chi connectivity index (χ3n) is 4.92. The van der Waals surface area contributed by atoms with Gasteiger partial charge < -0.3 is 9.15 Å². The number of esters is 1. The molecule has 0 aliphatic heterocycles. The van der Waals surface area contributed by atoms with E-state index in [9.17, 15) is 14.4 Å². The molecule has 0 spiro atoms. The number of hydrogen-bond donors (Lipinski definition) is 0. The molecule has 0 aliphatic carbocycles. The number of aromatic nitrogens is 4. The molecule has 9 nitrogen and oxygen atoms in total. The van der Waals surface area contributed by atoms with E-state index in [2.05, 4.69) is 10.1 Å². The maximum Gasteiger partial charge on any atom is 0.336 e. The van der Waals surface area contributed by atoms with Gasteiger partial charge in [0, 0.05) is 24.1 Å². The van der Waals surface area contributed by atoms with Gasteiger partial charge in [-0.3, -0.25) is 18.8 Å². The van der Waals surface area contributed by atoms with Crippen molar-refractivity contribution in [1.82, 2.24) is 19.3 Å². The fourth-order valence-corrected chi connectivity index (χ4v) is 3.17. The van der Waals surface area contributed by atoms with Gasteiger partial charge in [0.25, 0.3) is 5.56 Å². The van der Waals surface area contributed by atoms with Gasteiger partial charge in [-0.15, -0.1) is 0 Å². The Hall–Kier alpha value is -3.75. The van der Waals surface area contributed by atoms with Crippen LogP contribution < -0.4 is 11.2 Å². The lowest BCUT2D eigenvalue weighted by Crippen LogP contribution is -2.25. The average molecular weight is 394 g/mol. The second-order valence-corrected chi connectivity index (χ2v) is 6.82. The zero-order valence-corrected chi connectivity index (χ0v) is 16.1. The van der Waals surface area contributed by atoms with Gasteiger partial charge in [-0.25, -0.2) is 9.78 Å². The number of rotatable bonds is 4. The van der Waals surface area contributed by atoms with Crippen molar-refractivity contribution in [3.63, 3.8) is 0 Å². The molecule has 1 aromatic carbocycles. The molecule has 0 N–H and O–H groups in total. The molecule has 3 aromatic heterocycles. The molecule has 0 saturated heterocycles. The van der Waals surface area contributed by atoms with Crippen LogP contribution in [-0.2, 0) is 29.7 Å². The van der Waals surface area contributed by atoms with Crippen LogP contribution in [0.3, 0.4) is 0 Å². The van der Waals surface area contributed by atoms with Crippen LogP contribution in [0, 0.1) is 13.8 Å². The number of benzene rings is 1. The van der Waals surface area contributed by atoms with E-state index in [1.165, 1.54) is 23.3 Å². The lowest BCUT2D eigenvalue weighted by atomic mass is 10.0. The smallest absolute Gasteiger partial charge is 0.336 e. The quantitative estimate of drug-likeness (QED) is 0.382. The highest BCUT2D eigenvalue weighted by Crippen LogP contribution is 2.23. The lowest BCUT2D eigenvalue weighted by Gasteiger charge is -2.10. The van der Waals surface area contributed by atoms with Crippen molar-refractivity contribution in [1.29, 1.82) is 0 Å². The summed E-state index contributed by atoms with van der Waals surface area (Å²) in [6.07, 6.45) is 2.69. The van der Waals surface area contributed by atoms with Crippen LogP contribution in [0.2, 0.25) is 0 Å². The van der Waals surface area contributed by atoms with Crippen molar-refractivity contribution >= 4 is 28.0 Å². The standard InChI is InChI=1S/C20H18N4O5/c1-11-4-5-14-13(6-16(25)29-18(14)12(11)2)9-28-17(26)8-24-10-21-19-15(20(24)27)7-22-23(19)3/h4-7,10H,8-9H2,1-3H3. The van der Waals surface area contributed by atoms with Gasteiger partial charge >= 0.3 is 11.6 Å². The largest absolute Gasteiger partial charge is 0.459 e. The van der Waals surface area contributed by atoms with E-state index in [1.807, 2.05) is 26.0 Å². The summed E-state index contributed by atoms with van der Waals surface area (Å²) >= 11 is 0. The molecule has 0 atom stereocenters. The number of carbonyl (C=O) groups excluding carboxylic acids is 1. The number of aryl methyl sites for hydroxylation is 3. The minimum Gasteiger partial charge on any atom is -0.459 e. The molecule has 148 valence electrons. The van der Waals surface area contributed by atoms with Crippen LogP contribution in [-0.4, -0.2) is 25.3 Å². The summed E-state index contributed by atoms with van der Waals surface area (Å²) in [4.78, 5) is 40.8. The molecule has 0 amide bonds. The van der Waals surface area contributed by atoms with Crippen LogP contribution >= 0.6 is 0 Å². The molecule has 4 aromatic rings. The molecule has 0 fully saturated rings. The predicted octanol–water partition coefficient (Wildman–Crippen LogP) is 1.60. The zero-order valence-electron chi connectivity index (χ0n) is 16.1. The maximum absolute atomic E-state index is 12.4. The monoisotopic (exact) mass is 394 g/mol. The number of fused-ring (bicyclic) bond motifs is 2. The van der Waals surface area contributed by atoms with Crippen molar-refractivity contribution in [3.05, 3.63) is 68.2 Å². The molecular weight excluding hydrogens is 376 g/mol. The molecule has 4 rings (SSSR count). The van der Waals surface area contributed by atoms with Crippen LogP contribution in [0.5, 0.6) is 0 Å². The van der Waals surface area contributed by atoms with Crippen LogP contribution in [0.4, 0.5) is 0 Å². The Morgan fingerprint density at radius 1 is 1.21 bits per heavy atom. The first-order valence-electron chi connectivity index (χ1n) is 8.91. The van der Waals surface area contributed by atoms with E-state index < -0.39 is 11.6 Å². The molecule has 3 heterocycles. The summed E-state index contributed by atoms with van der Waals surface area (Å²) in [7, 11) is 1.68. The highest BCUT2D eigenvalue weighted by atomic mass is 16.5. The van der Waals surface area contributed by atoms with Crippen molar-refractivity contribution in [2.24, 2.45) is 7.05 Å². The van der Waals surface area contributed by atoms with Gasteiger partial charge in [-0.05, 0) is 25.0 Å². The van der Waals surface area contributed by atoms with E-state index in [4.69, 9.17) is 9.15 Å². The maximum atomic E-state index is 12.4. The fourth-order valence-electron chi connectivity index (χ4n) is 3.17. The van der Waals surface area contributed by atoms with Gasteiger partial charge in [-0.1, -0.05) is 12.1 Å². The molecule has 9 heteroatoms. The van der Waals surface area contributed by atoms with Crippen LogP contribution in [0.25, 0.3) is 22.0 Å². The normalized spacial score (nSPS) is 11.3. The molecule has 0 radical (unpaired) electrons. The molecule has 0 saturated carbocycles. The SMILES string of the molecule is Cc1ccc2c(COC(=O)Cn3cnc4c(cnn4C)c3=O)cc(=O)oc2c1C. The van der Waals surface area contributed by atoms with Crippen molar-refractivity contribution in [2.75, 3.05) is 0 Å². The third-order valence-corrected chi connectivity index (χ3v) is 4.92. The number of carbonyl (C=O) groups is 1. The third kappa shape index (κ3) is 3.31. The number of hydrogen-bond acceptors (Lipinski definition) is 7. The lowest BCUT2D eigenvalue weighted by molar-refractivity contribution is -0.145. The van der Waals surface area contributed by atoms with E-state index in [-0.39, 0.29) is 18.7 Å². The minimum absolute atomic E-state index is 0.110. The average Bonchev–Trinajstić information content (AvgIpc) is 3.07. The summed E-state index contributed by atoms with van der Waals surface area (Å²) in [6, 6.07) is 5.05. The first-order chi connectivity index (χ1) is 13.8. The van der Waals surface area contributed by atoms with E-state index >= 15 is 0 Å². The number of nitrogens with zero attached hydrogens (tertiary/aromatic N) is 4. The highest BCUT2D eigenvalue weighted by molar-refractivity contribution is 5.84. The number of ether oxygens (including phenoxy) is 1. The van der Waals surface area contributed by atoms with Gasteiger partial charge in [0.05, 0.1) is 6.20 Å². The second kappa shape index (κ2) is 7.01. The van der Waals surface area contributed by atoms with Gasteiger partial charge in [0.1, 0.15) is 30.4 Å². The Kier molecular flexibility index (Phi) is 4.50. The van der Waals surface area contributed by atoms with E-state index in [0.717, 1.165) is 15.7 Å². The van der Waals surface area contributed by atoms with Crippen LogP contribution in [0.15, 0.2) is 44.7 Å². The van der Waals surface area contributed by atoms with Crippen molar-refractivity contribution in [2.45, 2.75) is 27.0 Å². The summed E-state index contributed by atoms with van der Waals surface area (Å²) in [5, 5.41) is 5.01. The van der Waals surface area contributed by atoms with Crippen LogP contribution in [0.1, 0.15) is 16.7 Å². The Morgan fingerprint density at radius 2 is 2.00 bits per heavy atom. The summed E-state index contributed by atoms with van der Waals surface area (Å²) in [5.41, 5.74) is 2.42. The first kappa shape index (κ1) is 18.6. The van der Waals surface area contributed by atoms with Gasteiger partial charge in [-0.2, -0.15) is 5.10 Å². The zero-order chi connectivity index (χ0) is 20.7. The molecular formula is C20H18N4O5.